The van der Waals surface area contributed by atoms with Crippen molar-refractivity contribution in [2.75, 3.05) is 23.8 Å². The quantitative estimate of drug-likeness (QED) is 0.740. The summed E-state index contributed by atoms with van der Waals surface area (Å²) in [5.41, 5.74) is 0. The van der Waals surface area contributed by atoms with Crippen molar-refractivity contribution >= 4 is 21.6 Å². The lowest BCUT2D eigenvalue weighted by Gasteiger charge is -2.16. The molecule has 0 aromatic rings. The smallest absolute Gasteiger partial charge is 0.151 e. The third-order valence-electron chi connectivity index (χ3n) is 3.09. The number of thioether (sulfide) groups is 1. The van der Waals surface area contributed by atoms with E-state index in [1.165, 1.54) is 0 Å². The van der Waals surface area contributed by atoms with Crippen LogP contribution in [0.2, 0.25) is 0 Å². The molecule has 1 heterocycles. The van der Waals surface area contributed by atoms with Crippen LogP contribution in [0.3, 0.4) is 0 Å². The van der Waals surface area contributed by atoms with Crippen molar-refractivity contribution in [1.29, 1.82) is 0 Å². The molecule has 0 aromatic heterocycles. The number of nitrogens with one attached hydrogen (secondary N) is 1. The summed E-state index contributed by atoms with van der Waals surface area (Å²) in [5.74, 6) is 2.46. The first-order valence-electron chi connectivity index (χ1n) is 5.96. The van der Waals surface area contributed by atoms with Crippen LogP contribution in [0.25, 0.3) is 0 Å². The Morgan fingerprint density at radius 3 is 2.56 bits per heavy atom. The van der Waals surface area contributed by atoms with Gasteiger partial charge in [0.15, 0.2) is 9.84 Å². The summed E-state index contributed by atoms with van der Waals surface area (Å²) in [6.45, 7) is 7.63. The lowest BCUT2D eigenvalue weighted by atomic mass is 10.2. The zero-order valence-corrected chi connectivity index (χ0v) is 12.0. The maximum absolute atomic E-state index is 11.2. The van der Waals surface area contributed by atoms with Crippen molar-refractivity contribution in [3.63, 3.8) is 0 Å². The van der Waals surface area contributed by atoms with Crippen LogP contribution >= 0.6 is 11.8 Å². The molecule has 2 unspecified atom stereocenters. The Hall–Kier alpha value is 0.260. The summed E-state index contributed by atoms with van der Waals surface area (Å²) in [6.07, 6.45) is 0.784. The van der Waals surface area contributed by atoms with Gasteiger partial charge in [-0.15, -0.1) is 0 Å². The van der Waals surface area contributed by atoms with Gasteiger partial charge in [-0.25, -0.2) is 8.42 Å². The minimum atomic E-state index is -2.73. The van der Waals surface area contributed by atoms with Gasteiger partial charge in [0.2, 0.25) is 0 Å². The van der Waals surface area contributed by atoms with Gasteiger partial charge in [-0.05, 0) is 12.3 Å². The van der Waals surface area contributed by atoms with Gasteiger partial charge in [-0.1, -0.05) is 20.8 Å². The molecule has 0 aliphatic carbocycles. The summed E-state index contributed by atoms with van der Waals surface area (Å²) in [6, 6.07) is 0.194. The second kappa shape index (κ2) is 6.26. The topological polar surface area (TPSA) is 46.2 Å². The van der Waals surface area contributed by atoms with Crippen molar-refractivity contribution in [1.82, 2.24) is 5.32 Å². The Balaban J connectivity index is 2.09. The maximum atomic E-state index is 11.2. The van der Waals surface area contributed by atoms with E-state index in [4.69, 9.17) is 0 Å². The van der Waals surface area contributed by atoms with Crippen LogP contribution in [0.5, 0.6) is 0 Å². The molecule has 96 valence electrons. The summed E-state index contributed by atoms with van der Waals surface area (Å²) in [5, 5.41) is 4.01. The van der Waals surface area contributed by atoms with E-state index in [1.54, 1.807) is 0 Å². The van der Waals surface area contributed by atoms with E-state index < -0.39 is 9.84 Å². The molecule has 1 aliphatic heterocycles. The largest absolute Gasteiger partial charge is 0.312 e. The average molecular weight is 265 g/mol. The minimum absolute atomic E-state index is 0.194. The molecule has 0 bridgehead atoms. The fourth-order valence-electron chi connectivity index (χ4n) is 1.66. The molecule has 3 nitrogen and oxygen atoms in total. The van der Waals surface area contributed by atoms with Gasteiger partial charge in [0.25, 0.3) is 0 Å². The first-order chi connectivity index (χ1) is 7.41. The lowest BCUT2D eigenvalue weighted by Crippen LogP contribution is -2.32. The highest BCUT2D eigenvalue weighted by atomic mass is 32.2. The third-order valence-corrected chi connectivity index (χ3v) is 6.36. The molecule has 5 heteroatoms. The van der Waals surface area contributed by atoms with Crippen LogP contribution in [0, 0.1) is 5.92 Å². The normalized spacial score (nSPS) is 26.1. The van der Waals surface area contributed by atoms with E-state index in [0.29, 0.717) is 22.7 Å². The van der Waals surface area contributed by atoms with Gasteiger partial charge < -0.3 is 5.32 Å². The predicted molar refractivity (Wildman–Crippen MR) is 71.8 cm³/mol. The standard InChI is InChI=1S/C11H23NO2S2/c1-9(2)10(3)15-6-5-12-11-4-7-16(13,14)8-11/h9-12H,4-8H2,1-3H3. The van der Waals surface area contributed by atoms with E-state index in [0.717, 1.165) is 18.7 Å². The molecule has 0 spiro atoms. The highest BCUT2D eigenvalue weighted by Crippen LogP contribution is 2.18. The van der Waals surface area contributed by atoms with Gasteiger partial charge in [0.05, 0.1) is 11.5 Å². The van der Waals surface area contributed by atoms with E-state index in [-0.39, 0.29) is 6.04 Å². The van der Waals surface area contributed by atoms with E-state index in [2.05, 4.69) is 26.1 Å². The van der Waals surface area contributed by atoms with Crippen LogP contribution in [0.4, 0.5) is 0 Å². The SMILES string of the molecule is CC(C)C(C)SCCNC1CCS(=O)(=O)C1. The molecule has 1 fully saturated rings. The van der Waals surface area contributed by atoms with Crippen LogP contribution in [-0.4, -0.2) is 43.5 Å². The van der Waals surface area contributed by atoms with Crippen molar-refractivity contribution in [2.45, 2.75) is 38.5 Å². The van der Waals surface area contributed by atoms with Crippen LogP contribution in [0.1, 0.15) is 27.2 Å². The van der Waals surface area contributed by atoms with Gasteiger partial charge >= 0.3 is 0 Å². The predicted octanol–water partition coefficient (Wildman–Crippen LogP) is 1.54. The van der Waals surface area contributed by atoms with Gasteiger partial charge in [-0.2, -0.15) is 11.8 Å². The monoisotopic (exact) mass is 265 g/mol. The Kier molecular flexibility index (Phi) is 5.61. The second-order valence-electron chi connectivity index (χ2n) is 4.87. The number of hydrogen-bond donors (Lipinski definition) is 1. The van der Waals surface area contributed by atoms with Crippen molar-refractivity contribution < 1.29 is 8.42 Å². The first kappa shape index (κ1) is 14.3. The van der Waals surface area contributed by atoms with Crippen molar-refractivity contribution in [3.8, 4) is 0 Å². The Bertz CT molecular complexity index is 301. The molecule has 0 amide bonds. The molecule has 0 radical (unpaired) electrons. The van der Waals surface area contributed by atoms with Crippen LogP contribution in [0.15, 0.2) is 0 Å². The summed E-state index contributed by atoms with van der Waals surface area (Å²) in [4.78, 5) is 0. The zero-order valence-electron chi connectivity index (χ0n) is 10.4. The molecule has 0 saturated carbocycles. The molecule has 1 rings (SSSR count). The summed E-state index contributed by atoms with van der Waals surface area (Å²) >= 11 is 1.96. The van der Waals surface area contributed by atoms with Crippen molar-refractivity contribution in [3.05, 3.63) is 0 Å². The highest BCUT2D eigenvalue weighted by molar-refractivity contribution is 7.99. The van der Waals surface area contributed by atoms with Gasteiger partial charge in [-0.3, -0.25) is 0 Å². The molecule has 0 aromatic carbocycles. The number of rotatable bonds is 6. The van der Waals surface area contributed by atoms with E-state index >= 15 is 0 Å². The zero-order chi connectivity index (χ0) is 12.2. The van der Waals surface area contributed by atoms with Crippen molar-refractivity contribution in [2.24, 2.45) is 5.92 Å². The first-order valence-corrected chi connectivity index (χ1v) is 8.83. The number of sulfone groups is 1. The highest BCUT2D eigenvalue weighted by Gasteiger charge is 2.26. The molecule has 16 heavy (non-hydrogen) atoms. The van der Waals surface area contributed by atoms with Gasteiger partial charge in [0, 0.05) is 23.6 Å². The molecule has 2 atom stereocenters. The molecule has 1 N–H and O–H groups in total. The van der Waals surface area contributed by atoms with E-state index in [9.17, 15) is 8.42 Å². The second-order valence-corrected chi connectivity index (χ2v) is 8.59. The fourth-order valence-corrected chi connectivity index (χ4v) is 4.36. The molecule has 1 saturated heterocycles. The minimum Gasteiger partial charge on any atom is -0.312 e. The molecular formula is C11H23NO2S2. The summed E-state index contributed by atoms with van der Waals surface area (Å²) in [7, 11) is -2.73. The maximum Gasteiger partial charge on any atom is 0.151 e. The summed E-state index contributed by atoms with van der Waals surface area (Å²) < 4.78 is 22.5. The Morgan fingerprint density at radius 1 is 1.38 bits per heavy atom. The van der Waals surface area contributed by atoms with Gasteiger partial charge in [0.1, 0.15) is 0 Å². The third kappa shape index (κ3) is 5.06. The van der Waals surface area contributed by atoms with E-state index in [1.807, 2.05) is 11.8 Å². The fraction of sp³-hybridized carbons (Fsp3) is 1.00. The van der Waals surface area contributed by atoms with Crippen LogP contribution in [-0.2, 0) is 9.84 Å². The number of hydrogen-bond acceptors (Lipinski definition) is 4. The lowest BCUT2D eigenvalue weighted by molar-refractivity contribution is 0.573. The average Bonchev–Trinajstić information content (AvgIpc) is 2.52. The van der Waals surface area contributed by atoms with Crippen LogP contribution < -0.4 is 5.32 Å². The molecular weight excluding hydrogens is 242 g/mol. The molecule has 1 aliphatic rings. The Morgan fingerprint density at radius 2 is 2.06 bits per heavy atom. The Labute approximate surface area is 104 Å².